The number of hydrogen-bond acceptors (Lipinski definition) is 5. The Balaban J connectivity index is 1.98. The Morgan fingerprint density at radius 2 is 2.09 bits per heavy atom. The number of imide groups is 1. The summed E-state index contributed by atoms with van der Waals surface area (Å²) in [5.41, 5.74) is 4.23. The first-order valence-corrected chi connectivity index (χ1v) is 8.60. The van der Waals surface area contributed by atoms with Crippen molar-refractivity contribution in [1.82, 2.24) is 0 Å². The van der Waals surface area contributed by atoms with Crippen LogP contribution in [-0.4, -0.2) is 41.4 Å². The molecule has 3 N–H and O–H groups in total. The molecule has 124 valence electrons. The molecule has 1 aromatic rings. The predicted molar refractivity (Wildman–Crippen MR) is 88.1 cm³/mol. The third-order valence-corrected chi connectivity index (χ3v) is 4.93. The van der Waals surface area contributed by atoms with Crippen molar-refractivity contribution in [2.45, 2.75) is 24.6 Å². The molecule has 1 fully saturated rings. The summed E-state index contributed by atoms with van der Waals surface area (Å²) in [7, 11) is 0. The summed E-state index contributed by atoms with van der Waals surface area (Å²) in [6, 6.07) is 5.96. The van der Waals surface area contributed by atoms with Gasteiger partial charge in [-0.25, -0.2) is 9.69 Å². The molecule has 0 saturated carbocycles. The lowest BCUT2D eigenvalue weighted by molar-refractivity contribution is -0.401. The number of anilines is 1. The van der Waals surface area contributed by atoms with Gasteiger partial charge in [0.15, 0.2) is 6.04 Å². The van der Waals surface area contributed by atoms with Crippen molar-refractivity contribution in [3.05, 3.63) is 29.3 Å². The zero-order chi connectivity index (χ0) is 17.0. The standard InChI is InChI=1S/C15H17ClN2O4S/c1-2-22-15(21)11(17)8-23-12-7-13(19)18(14(12)20)10-5-3-9(16)4-6-10/h3-6,11-12H,2,7-8,17H2,1H3/p+1/t11-,12-/m0/s1. The summed E-state index contributed by atoms with van der Waals surface area (Å²) in [5, 5.41) is 0.0324. The number of hydrogen-bond donors (Lipinski definition) is 1. The third kappa shape index (κ3) is 4.25. The molecule has 8 heteroatoms. The smallest absolute Gasteiger partial charge is 0.365 e. The van der Waals surface area contributed by atoms with E-state index < -0.39 is 17.3 Å². The molecule has 1 aliphatic heterocycles. The Labute approximate surface area is 143 Å². The number of amides is 2. The monoisotopic (exact) mass is 357 g/mol. The Kier molecular flexibility index (Phi) is 6.04. The second-order valence-corrected chi connectivity index (χ2v) is 6.69. The van der Waals surface area contributed by atoms with E-state index in [9.17, 15) is 14.4 Å². The molecule has 1 saturated heterocycles. The lowest BCUT2D eigenvalue weighted by Gasteiger charge is -2.15. The Bertz CT molecular complexity index is 608. The molecule has 0 bridgehead atoms. The maximum atomic E-state index is 12.4. The van der Waals surface area contributed by atoms with Crippen molar-refractivity contribution in [1.29, 1.82) is 0 Å². The predicted octanol–water partition coefficient (Wildman–Crippen LogP) is 0.879. The average molecular weight is 358 g/mol. The van der Waals surface area contributed by atoms with Gasteiger partial charge in [-0.05, 0) is 31.2 Å². The second kappa shape index (κ2) is 7.81. The molecular weight excluding hydrogens is 340 g/mol. The number of carbonyl (C=O) groups is 3. The van der Waals surface area contributed by atoms with Crippen molar-refractivity contribution in [3.8, 4) is 0 Å². The summed E-state index contributed by atoms with van der Waals surface area (Å²) in [6.07, 6.45) is 0.113. The van der Waals surface area contributed by atoms with E-state index in [0.717, 1.165) is 4.90 Å². The molecule has 0 radical (unpaired) electrons. The number of benzene rings is 1. The van der Waals surface area contributed by atoms with E-state index in [2.05, 4.69) is 5.73 Å². The highest BCUT2D eigenvalue weighted by molar-refractivity contribution is 8.00. The van der Waals surface area contributed by atoms with E-state index in [1.165, 1.54) is 11.8 Å². The maximum Gasteiger partial charge on any atom is 0.365 e. The van der Waals surface area contributed by atoms with Gasteiger partial charge in [-0.15, -0.1) is 11.8 Å². The summed E-state index contributed by atoms with van der Waals surface area (Å²) >= 11 is 7.07. The minimum Gasteiger partial charge on any atom is -0.462 e. The van der Waals surface area contributed by atoms with E-state index in [1.807, 2.05) is 0 Å². The number of esters is 1. The topological polar surface area (TPSA) is 91.3 Å². The molecule has 1 heterocycles. The molecule has 0 spiro atoms. The third-order valence-electron chi connectivity index (χ3n) is 3.31. The van der Waals surface area contributed by atoms with E-state index in [1.54, 1.807) is 31.2 Å². The molecule has 1 aromatic carbocycles. The van der Waals surface area contributed by atoms with Crippen LogP contribution in [0.5, 0.6) is 0 Å². The van der Waals surface area contributed by atoms with Gasteiger partial charge in [0.05, 0.1) is 23.3 Å². The Morgan fingerprint density at radius 1 is 1.43 bits per heavy atom. The minimum atomic E-state index is -0.563. The Morgan fingerprint density at radius 3 is 2.70 bits per heavy atom. The normalized spacial score (nSPS) is 19.1. The lowest BCUT2D eigenvalue weighted by atomic mass is 10.3. The second-order valence-electron chi connectivity index (χ2n) is 5.02. The molecule has 2 atom stereocenters. The molecule has 0 unspecified atom stereocenters. The van der Waals surface area contributed by atoms with Gasteiger partial charge >= 0.3 is 5.97 Å². The van der Waals surface area contributed by atoms with Gasteiger partial charge in [0, 0.05) is 11.4 Å². The molecular formula is C15H18ClN2O4S+. The fourth-order valence-corrected chi connectivity index (χ4v) is 3.39. The van der Waals surface area contributed by atoms with Crippen LogP contribution in [0.25, 0.3) is 0 Å². The number of ether oxygens (including phenoxy) is 1. The average Bonchev–Trinajstić information content (AvgIpc) is 2.80. The van der Waals surface area contributed by atoms with Gasteiger partial charge in [0.25, 0.3) is 0 Å². The van der Waals surface area contributed by atoms with Crippen molar-refractivity contribution in [3.63, 3.8) is 0 Å². The number of nitrogens with zero attached hydrogens (tertiary/aromatic N) is 1. The van der Waals surface area contributed by atoms with E-state index >= 15 is 0 Å². The minimum absolute atomic E-state index is 0.113. The maximum absolute atomic E-state index is 12.4. The van der Waals surface area contributed by atoms with Crippen molar-refractivity contribution >= 4 is 46.8 Å². The zero-order valence-corrected chi connectivity index (χ0v) is 14.2. The van der Waals surface area contributed by atoms with Crippen LogP contribution in [0.2, 0.25) is 5.02 Å². The summed E-state index contributed by atoms with van der Waals surface area (Å²) in [4.78, 5) is 37.2. The molecule has 2 amide bonds. The van der Waals surface area contributed by atoms with Crippen molar-refractivity contribution in [2.24, 2.45) is 0 Å². The quantitative estimate of drug-likeness (QED) is 0.602. The van der Waals surface area contributed by atoms with Gasteiger partial charge in [-0.3, -0.25) is 9.59 Å². The van der Waals surface area contributed by atoms with Gasteiger partial charge in [0.2, 0.25) is 11.8 Å². The van der Waals surface area contributed by atoms with Gasteiger partial charge in [-0.2, -0.15) is 0 Å². The van der Waals surface area contributed by atoms with Gasteiger partial charge in [0.1, 0.15) is 0 Å². The highest BCUT2D eigenvalue weighted by Gasteiger charge is 2.40. The molecule has 6 nitrogen and oxygen atoms in total. The number of halogens is 1. The first kappa shape index (κ1) is 17.8. The number of carbonyl (C=O) groups excluding carboxylic acids is 3. The van der Waals surface area contributed by atoms with Crippen LogP contribution < -0.4 is 10.6 Å². The van der Waals surface area contributed by atoms with E-state index in [4.69, 9.17) is 16.3 Å². The number of thioether (sulfide) groups is 1. The van der Waals surface area contributed by atoms with E-state index in [0.29, 0.717) is 23.1 Å². The molecule has 0 aromatic heterocycles. The highest BCUT2D eigenvalue weighted by Crippen LogP contribution is 2.30. The fraction of sp³-hybridized carbons (Fsp3) is 0.400. The van der Waals surface area contributed by atoms with Crippen molar-refractivity contribution < 1.29 is 24.9 Å². The SMILES string of the molecule is CCOC(=O)[C@@H]([NH3+])CS[C@H]1CC(=O)N(c2ccc(Cl)cc2)C1=O. The largest absolute Gasteiger partial charge is 0.462 e. The molecule has 23 heavy (non-hydrogen) atoms. The number of quaternary nitrogens is 1. The van der Waals surface area contributed by atoms with Gasteiger partial charge < -0.3 is 10.5 Å². The van der Waals surface area contributed by atoms with Crippen LogP contribution in [-0.2, 0) is 19.1 Å². The first-order valence-electron chi connectivity index (χ1n) is 7.17. The number of rotatable bonds is 6. The lowest BCUT2D eigenvalue weighted by Crippen LogP contribution is -2.66. The van der Waals surface area contributed by atoms with Crippen LogP contribution in [0.4, 0.5) is 5.69 Å². The molecule has 1 aliphatic rings. The van der Waals surface area contributed by atoms with Crippen LogP contribution in [0.3, 0.4) is 0 Å². The van der Waals surface area contributed by atoms with Crippen LogP contribution >= 0.6 is 23.4 Å². The summed E-state index contributed by atoms with van der Waals surface area (Å²) in [6.45, 7) is 2.02. The molecule has 0 aliphatic carbocycles. The summed E-state index contributed by atoms with van der Waals surface area (Å²) < 4.78 is 4.88. The van der Waals surface area contributed by atoms with Crippen LogP contribution in [0.15, 0.2) is 24.3 Å². The van der Waals surface area contributed by atoms with E-state index in [-0.39, 0.29) is 18.2 Å². The van der Waals surface area contributed by atoms with Gasteiger partial charge in [-0.1, -0.05) is 11.6 Å². The van der Waals surface area contributed by atoms with Crippen LogP contribution in [0.1, 0.15) is 13.3 Å². The highest BCUT2D eigenvalue weighted by atomic mass is 35.5. The van der Waals surface area contributed by atoms with Crippen LogP contribution in [0, 0.1) is 0 Å². The zero-order valence-electron chi connectivity index (χ0n) is 12.7. The van der Waals surface area contributed by atoms with Crippen molar-refractivity contribution in [2.75, 3.05) is 17.3 Å². The molecule has 2 rings (SSSR count). The Hall–Kier alpha value is -1.57. The summed E-state index contributed by atoms with van der Waals surface area (Å²) in [5.74, 6) is -0.604. The first-order chi connectivity index (χ1) is 10.9. The fourth-order valence-electron chi connectivity index (χ4n) is 2.16.